The second kappa shape index (κ2) is 7.62. The number of carbonyl (C=O) groups is 1. The highest BCUT2D eigenvalue weighted by Gasteiger charge is 2.30. The Hall–Kier alpha value is -1.85. The number of amides is 1. The van der Waals surface area contributed by atoms with Gasteiger partial charge in [-0.25, -0.2) is 4.39 Å². The molecule has 0 saturated heterocycles. The number of hydrogen-bond acceptors (Lipinski definition) is 3. The van der Waals surface area contributed by atoms with Gasteiger partial charge in [0.25, 0.3) is 5.91 Å². The second-order valence-electron chi connectivity index (χ2n) is 5.30. The first-order valence-electron chi connectivity index (χ1n) is 7.23. The Labute approximate surface area is 140 Å². The van der Waals surface area contributed by atoms with Crippen molar-refractivity contribution in [2.45, 2.75) is 17.4 Å². The number of methoxy groups -OCH3 is 1. The summed E-state index contributed by atoms with van der Waals surface area (Å²) in [5.41, 5.74) is 0.0860. The summed E-state index contributed by atoms with van der Waals surface area (Å²) in [6.07, 6.45) is 1.92. The summed E-state index contributed by atoms with van der Waals surface area (Å²) in [7, 11) is 1.51. The molecule has 122 valence electrons. The van der Waals surface area contributed by atoms with Gasteiger partial charge in [-0.3, -0.25) is 4.79 Å². The lowest BCUT2D eigenvalue weighted by Gasteiger charge is -2.29. The fraction of sp³-hybridized carbons (Fsp3) is 0.278. The van der Waals surface area contributed by atoms with Gasteiger partial charge in [0.1, 0.15) is 11.4 Å². The minimum Gasteiger partial charge on any atom is -0.372 e. The zero-order valence-corrected chi connectivity index (χ0v) is 14.2. The first-order valence-corrected chi connectivity index (χ1v) is 8.45. The maximum absolute atomic E-state index is 14.0. The number of thioether (sulfide) groups is 1. The summed E-state index contributed by atoms with van der Waals surface area (Å²) in [5.74, 6) is -0.551. The Morgan fingerprint density at radius 2 is 1.87 bits per heavy atom. The number of halogens is 1. The lowest BCUT2D eigenvalue weighted by atomic mass is 9.95. The fourth-order valence-electron chi connectivity index (χ4n) is 2.34. The standard InChI is InChI=1S/C18H20FNO2S/c1-18(22-2,14-9-5-6-10-15(14)19)12-20-17(21)13-8-4-7-11-16(13)23-3/h4-11H,12H2,1-3H3,(H,20,21)/t18-/m0/s1. The molecule has 0 aliphatic heterocycles. The van der Waals surface area contributed by atoms with Crippen molar-refractivity contribution >= 4 is 17.7 Å². The van der Waals surface area contributed by atoms with Crippen LogP contribution >= 0.6 is 11.8 Å². The molecule has 0 bridgehead atoms. The van der Waals surface area contributed by atoms with Gasteiger partial charge in [-0.05, 0) is 31.4 Å². The van der Waals surface area contributed by atoms with Crippen molar-refractivity contribution in [1.29, 1.82) is 0 Å². The molecule has 3 nitrogen and oxygen atoms in total. The van der Waals surface area contributed by atoms with Crippen LogP contribution in [0.15, 0.2) is 53.4 Å². The third kappa shape index (κ3) is 3.92. The van der Waals surface area contributed by atoms with Crippen LogP contribution in [0.2, 0.25) is 0 Å². The minimum absolute atomic E-state index is 0.173. The van der Waals surface area contributed by atoms with Crippen LogP contribution in [0.3, 0.4) is 0 Å². The third-order valence-corrected chi connectivity index (χ3v) is 4.63. The van der Waals surface area contributed by atoms with Gasteiger partial charge in [-0.2, -0.15) is 0 Å². The molecule has 0 radical (unpaired) electrons. The molecule has 0 saturated carbocycles. The van der Waals surface area contributed by atoms with Crippen molar-refractivity contribution < 1.29 is 13.9 Å². The van der Waals surface area contributed by atoms with E-state index in [1.807, 2.05) is 24.5 Å². The Morgan fingerprint density at radius 3 is 2.52 bits per heavy atom. The molecule has 0 aliphatic carbocycles. The highest BCUT2D eigenvalue weighted by atomic mass is 32.2. The minimum atomic E-state index is -0.935. The summed E-state index contributed by atoms with van der Waals surface area (Å²) >= 11 is 1.51. The molecule has 2 aromatic rings. The summed E-state index contributed by atoms with van der Waals surface area (Å²) in [6.45, 7) is 1.93. The quantitative estimate of drug-likeness (QED) is 0.816. The summed E-state index contributed by atoms with van der Waals surface area (Å²) < 4.78 is 19.5. The molecule has 0 unspecified atom stereocenters. The number of ether oxygens (including phenoxy) is 1. The normalized spacial score (nSPS) is 13.4. The molecule has 0 aromatic heterocycles. The number of benzene rings is 2. The van der Waals surface area contributed by atoms with Crippen molar-refractivity contribution in [2.75, 3.05) is 19.9 Å². The molecular formula is C18H20FNO2S. The molecule has 23 heavy (non-hydrogen) atoms. The van der Waals surface area contributed by atoms with Crippen LogP contribution in [-0.4, -0.2) is 25.8 Å². The highest BCUT2D eigenvalue weighted by molar-refractivity contribution is 7.98. The van der Waals surface area contributed by atoms with E-state index in [-0.39, 0.29) is 18.3 Å². The first-order chi connectivity index (χ1) is 11.0. The smallest absolute Gasteiger partial charge is 0.252 e. The van der Waals surface area contributed by atoms with E-state index in [2.05, 4.69) is 5.32 Å². The molecule has 2 rings (SSSR count). The molecule has 1 atom stereocenters. The molecule has 2 aromatic carbocycles. The average molecular weight is 333 g/mol. The van der Waals surface area contributed by atoms with Gasteiger partial charge in [0.15, 0.2) is 0 Å². The maximum Gasteiger partial charge on any atom is 0.252 e. The van der Waals surface area contributed by atoms with E-state index in [1.54, 1.807) is 31.2 Å². The van der Waals surface area contributed by atoms with E-state index in [1.165, 1.54) is 24.9 Å². The Balaban J connectivity index is 2.17. The highest BCUT2D eigenvalue weighted by Crippen LogP contribution is 2.27. The first kappa shape index (κ1) is 17.5. The van der Waals surface area contributed by atoms with Crippen LogP contribution in [0.4, 0.5) is 4.39 Å². The van der Waals surface area contributed by atoms with Crippen molar-refractivity contribution in [3.63, 3.8) is 0 Å². The van der Waals surface area contributed by atoms with E-state index in [4.69, 9.17) is 4.74 Å². The van der Waals surface area contributed by atoms with Crippen molar-refractivity contribution in [1.82, 2.24) is 5.32 Å². The van der Waals surface area contributed by atoms with Gasteiger partial charge in [0.05, 0.1) is 12.1 Å². The van der Waals surface area contributed by atoms with E-state index in [0.717, 1.165) is 4.90 Å². The molecule has 0 heterocycles. The Bertz CT molecular complexity index is 692. The van der Waals surface area contributed by atoms with Gasteiger partial charge in [-0.1, -0.05) is 30.3 Å². The molecule has 5 heteroatoms. The van der Waals surface area contributed by atoms with E-state index < -0.39 is 5.60 Å². The largest absolute Gasteiger partial charge is 0.372 e. The third-order valence-electron chi connectivity index (χ3n) is 3.83. The molecule has 0 spiro atoms. The van der Waals surface area contributed by atoms with Gasteiger partial charge in [0.2, 0.25) is 0 Å². The van der Waals surface area contributed by atoms with E-state index in [9.17, 15) is 9.18 Å². The lowest BCUT2D eigenvalue weighted by molar-refractivity contribution is 0.000365. The van der Waals surface area contributed by atoms with Gasteiger partial charge in [0, 0.05) is 17.6 Å². The zero-order chi connectivity index (χ0) is 16.9. The van der Waals surface area contributed by atoms with Gasteiger partial charge < -0.3 is 10.1 Å². The predicted molar refractivity (Wildman–Crippen MR) is 91.3 cm³/mol. The average Bonchev–Trinajstić information content (AvgIpc) is 2.59. The molecule has 1 amide bonds. The number of carbonyl (C=O) groups excluding carboxylic acids is 1. The predicted octanol–water partition coefficient (Wildman–Crippen LogP) is 3.84. The lowest BCUT2D eigenvalue weighted by Crippen LogP contribution is -2.40. The molecular weight excluding hydrogens is 313 g/mol. The summed E-state index contributed by atoms with van der Waals surface area (Å²) in [5, 5.41) is 2.85. The molecule has 1 N–H and O–H groups in total. The summed E-state index contributed by atoms with van der Waals surface area (Å²) in [6, 6.07) is 13.8. The van der Waals surface area contributed by atoms with Crippen LogP contribution in [0.5, 0.6) is 0 Å². The van der Waals surface area contributed by atoms with Crippen molar-refractivity contribution in [3.05, 3.63) is 65.5 Å². The van der Waals surface area contributed by atoms with Crippen LogP contribution in [-0.2, 0) is 10.3 Å². The van der Waals surface area contributed by atoms with Crippen LogP contribution in [0, 0.1) is 5.82 Å². The van der Waals surface area contributed by atoms with Gasteiger partial charge in [-0.15, -0.1) is 11.8 Å². The van der Waals surface area contributed by atoms with E-state index in [0.29, 0.717) is 11.1 Å². The topological polar surface area (TPSA) is 38.3 Å². The SMILES string of the molecule is CO[C@@](C)(CNC(=O)c1ccccc1SC)c1ccccc1F. The van der Waals surface area contributed by atoms with Crippen molar-refractivity contribution in [3.8, 4) is 0 Å². The molecule has 0 fully saturated rings. The fourth-order valence-corrected chi connectivity index (χ4v) is 2.94. The van der Waals surface area contributed by atoms with Gasteiger partial charge >= 0.3 is 0 Å². The Morgan fingerprint density at radius 1 is 1.22 bits per heavy atom. The van der Waals surface area contributed by atoms with Crippen LogP contribution in [0.1, 0.15) is 22.8 Å². The Kier molecular flexibility index (Phi) is 5.80. The van der Waals surface area contributed by atoms with Crippen LogP contribution in [0.25, 0.3) is 0 Å². The molecule has 0 aliphatic rings. The second-order valence-corrected chi connectivity index (χ2v) is 6.15. The zero-order valence-electron chi connectivity index (χ0n) is 13.4. The maximum atomic E-state index is 14.0. The monoisotopic (exact) mass is 333 g/mol. The number of rotatable bonds is 6. The number of nitrogens with one attached hydrogen (secondary N) is 1. The van der Waals surface area contributed by atoms with Crippen LogP contribution < -0.4 is 5.32 Å². The summed E-state index contributed by atoms with van der Waals surface area (Å²) in [4.78, 5) is 13.3. The number of hydrogen-bond donors (Lipinski definition) is 1. The van der Waals surface area contributed by atoms with E-state index >= 15 is 0 Å². The van der Waals surface area contributed by atoms with Crippen molar-refractivity contribution in [2.24, 2.45) is 0 Å².